The summed E-state index contributed by atoms with van der Waals surface area (Å²) in [5, 5.41) is 8.39. The number of ether oxygens (including phenoxy) is 1. The lowest BCUT2D eigenvalue weighted by atomic mass is 10.1. The zero-order chi connectivity index (χ0) is 20.4. The maximum atomic E-state index is 11.6. The van der Waals surface area contributed by atoms with Gasteiger partial charge in [0.1, 0.15) is 5.75 Å². The SMILES string of the molecule is CCn1c(SCCOc2ccc3ccccc3c2)nc2cc(S(N)(=O)=O)ccc21. The highest BCUT2D eigenvalue weighted by Crippen LogP contribution is 2.26. The molecule has 0 saturated heterocycles. The van der Waals surface area contributed by atoms with Crippen LogP contribution in [0.1, 0.15) is 6.92 Å². The zero-order valence-corrected chi connectivity index (χ0v) is 17.5. The Morgan fingerprint density at radius 1 is 1.07 bits per heavy atom. The second-order valence-corrected chi connectivity index (χ2v) is 9.16. The van der Waals surface area contributed by atoms with E-state index in [0.717, 1.165) is 34.1 Å². The molecule has 1 aromatic heterocycles. The number of nitrogens with zero attached hydrogens (tertiary/aromatic N) is 2. The number of benzene rings is 3. The lowest BCUT2D eigenvalue weighted by Gasteiger charge is -2.08. The molecule has 6 nitrogen and oxygen atoms in total. The minimum absolute atomic E-state index is 0.0712. The lowest BCUT2D eigenvalue weighted by molar-refractivity contribution is 0.344. The van der Waals surface area contributed by atoms with Gasteiger partial charge in [0.15, 0.2) is 5.16 Å². The number of sulfonamides is 1. The maximum absolute atomic E-state index is 11.6. The number of aryl methyl sites for hydroxylation is 1. The Balaban J connectivity index is 1.45. The van der Waals surface area contributed by atoms with Crippen molar-refractivity contribution in [3.8, 4) is 5.75 Å². The highest BCUT2D eigenvalue weighted by atomic mass is 32.2. The first-order valence-electron chi connectivity index (χ1n) is 9.23. The van der Waals surface area contributed by atoms with Gasteiger partial charge in [-0.25, -0.2) is 18.5 Å². The van der Waals surface area contributed by atoms with E-state index in [2.05, 4.69) is 27.8 Å². The highest BCUT2D eigenvalue weighted by molar-refractivity contribution is 7.99. The molecule has 0 radical (unpaired) electrons. The van der Waals surface area contributed by atoms with Gasteiger partial charge < -0.3 is 9.30 Å². The van der Waals surface area contributed by atoms with Crippen molar-refractivity contribution in [1.29, 1.82) is 0 Å². The summed E-state index contributed by atoms with van der Waals surface area (Å²) in [6.45, 7) is 3.31. The van der Waals surface area contributed by atoms with Crippen LogP contribution in [0, 0.1) is 0 Å². The van der Waals surface area contributed by atoms with Crippen LogP contribution in [0.2, 0.25) is 0 Å². The monoisotopic (exact) mass is 427 g/mol. The standard InChI is InChI=1S/C21H21N3O3S2/c1-2-24-20-10-9-18(29(22,25)26)14-19(20)23-21(24)28-12-11-27-17-8-7-15-5-3-4-6-16(15)13-17/h3-10,13-14H,2,11-12H2,1H3,(H2,22,25,26). The number of thioether (sulfide) groups is 1. The summed E-state index contributed by atoms with van der Waals surface area (Å²) < 4.78 is 31.1. The van der Waals surface area contributed by atoms with Crippen molar-refractivity contribution in [2.75, 3.05) is 12.4 Å². The van der Waals surface area contributed by atoms with E-state index in [1.807, 2.05) is 31.2 Å². The van der Waals surface area contributed by atoms with Gasteiger partial charge >= 0.3 is 0 Å². The van der Waals surface area contributed by atoms with Crippen LogP contribution in [-0.4, -0.2) is 30.3 Å². The van der Waals surface area contributed by atoms with Gasteiger partial charge in [-0.1, -0.05) is 42.1 Å². The van der Waals surface area contributed by atoms with Crippen LogP contribution in [-0.2, 0) is 16.6 Å². The largest absolute Gasteiger partial charge is 0.493 e. The van der Waals surface area contributed by atoms with Gasteiger partial charge in [0.25, 0.3) is 0 Å². The number of hydrogen-bond donors (Lipinski definition) is 1. The van der Waals surface area contributed by atoms with Crippen LogP contribution in [0.5, 0.6) is 5.75 Å². The first-order valence-corrected chi connectivity index (χ1v) is 11.8. The van der Waals surface area contributed by atoms with E-state index >= 15 is 0 Å². The van der Waals surface area contributed by atoms with Gasteiger partial charge in [-0.05, 0) is 48.0 Å². The molecule has 150 valence electrons. The molecule has 0 fully saturated rings. The van der Waals surface area contributed by atoms with Gasteiger partial charge in [-0.2, -0.15) is 0 Å². The average molecular weight is 428 g/mol. The number of imidazole rings is 1. The van der Waals surface area contributed by atoms with E-state index in [0.29, 0.717) is 12.1 Å². The lowest BCUT2D eigenvalue weighted by Crippen LogP contribution is -2.11. The minimum atomic E-state index is -3.75. The molecule has 3 aromatic carbocycles. The molecule has 4 rings (SSSR count). The third-order valence-corrected chi connectivity index (χ3v) is 6.49. The van der Waals surface area contributed by atoms with E-state index in [1.54, 1.807) is 17.8 Å². The van der Waals surface area contributed by atoms with Crippen LogP contribution in [0.15, 0.2) is 70.7 Å². The molecule has 0 aliphatic rings. The molecule has 0 bridgehead atoms. The minimum Gasteiger partial charge on any atom is -0.493 e. The van der Waals surface area contributed by atoms with Gasteiger partial charge in [-0.15, -0.1) is 0 Å². The Labute approximate surface area is 173 Å². The summed E-state index contributed by atoms with van der Waals surface area (Å²) in [6.07, 6.45) is 0. The number of primary sulfonamides is 1. The number of aromatic nitrogens is 2. The Bertz CT molecular complexity index is 1280. The molecule has 1 heterocycles. The smallest absolute Gasteiger partial charge is 0.238 e. The number of rotatable bonds is 7. The fourth-order valence-corrected chi connectivity index (χ4v) is 4.66. The first kappa shape index (κ1) is 19.8. The number of nitrogens with two attached hydrogens (primary N) is 1. The van der Waals surface area contributed by atoms with Crippen molar-refractivity contribution in [2.24, 2.45) is 5.14 Å². The molecule has 0 spiro atoms. The van der Waals surface area contributed by atoms with Gasteiger partial charge in [0.2, 0.25) is 10.0 Å². The third-order valence-electron chi connectivity index (χ3n) is 4.63. The number of fused-ring (bicyclic) bond motifs is 2. The first-order chi connectivity index (χ1) is 14.0. The van der Waals surface area contributed by atoms with Crippen molar-refractivity contribution < 1.29 is 13.2 Å². The molecular formula is C21H21N3O3S2. The summed E-state index contributed by atoms with van der Waals surface area (Å²) >= 11 is 1.58. The molecule has 0 aliphatic carbocycles. The average Bonchev–Trinajstić information content (AvgIpc) is 3.07. The summed E-state index contributed by atoms with van der Waals surface area (Å²) in [5.74, 6) is 1.56. The van der Waals surface area contributed by atoms with Crippen LogP contribution >= 0.6 is 11.8 Å². The molecule has 4 aromatic rings. The van der Waals surface area contributed by atoms with Gasteiger partial charge in [0, 0.05) is 12.3 Å². The summed E-state index contributed by atoms with van der Waals surface area (Å²) in [5.41, 5.74) is 1.51. The van der Waals surface area contributed by atoms with Crippen LogP contribution in [0.3, 0.4) is 0 Å². The number of hydrogen-bond acceptors (Lipinski definition) is 5. The summed E-state index contributed by atoms with van der Waals surface area (Å²) in [7, 11) is -3.75. The van der Waals surface area contributed by atoms with Crippen LogP contribution in [0.25, 0.3) is 21.8 Å². The fourth-order valence-electron chi connectivity index (χ4n) is 3.23. The highest BCUT2D eigenvalue weighted by Gasteiger charge is 2.14. The van der Waals surface area contributed by atoms with E-state index < -0.39 is 10.0 Å². The van der Waals surface area contributed by atoms with Crippen LogP contribution < -0.4 is 9.88 Å². The molecule has 0 amide bonds. The predicted molar refractivity (Wildman–Crippen MR) is 117 cm³/mol. The second kappa shape index (κ2) is 8.06. The zero-order valence-electron chi connectivity index (χ0n) is 15.9. The van der Waals surface area contributed by atoms with E-state index in [-0.39, 0.29) is 4.90 Å². The topological polar surface area (TPSA) is 87.2 Å². The Morgan fingerprint density at radius 2 is 1.86 bits per heavy atom. The summed E-state index contributed by atoms with van der Waals surface area (Å²) in [4.78, 5) is 4.66. The second-order valence-electron chi connectivity index (χ2n) is 6.54. The molecule has 0 atom stereocenters. The fraction of sp³-hybridized carbons (Fsp3) is 0.190. The Morgan fingerprint density at radius 3 is 2.62 bits per heavy atom. The van der Waals surface area contributed by atoms with Crippen molar-refractivity contribution in [1.82, 2.24) is 9.55 Å². The van der Waals surface area contributed by atoms with E-state index in [1.165, 1.54) is 17.5 Å². The summed E-state index contributed by atoms with van der Waals surface area (Å²) in [6, 6.07) is 19.0. The van der Waals surface area contributed by atoms with Crippen molar-refractivity contribution in [3.05, 3.63) is 60.7 Å². The molecule has 2 N–H and O–H groups in total. The Kier molecular flexibility index (Phi) is 5.49. The van der Waals surface area contributed by atoms with Gasteiger partial charge in [-0.3, -0.25) is 0 Å². The maximum Gasteiger partial charge on any atom is 0.238 e. The molecule has 29 heavy (non-hydrogen) atoms. The molecular weight excluding hydrogens is 406 g/mol. The van der Waals surface area contributed by atoms with Crippen molar-refractivity contribution in [2.45, 2.75) is 23.5 Å². The quantitative estimate of drug-likeness (QED) is 0.355. The third kappa shape index (κ3) is 4.24. The molecule has 0 unspecified atom stereocenters. The molecule has 0 saturated carbocycles. The van der Waals surface area contributed by atoms with Crippen LogP contribution in [0.4, 0.5) is 0 Å². The normalized spacial score (nSPS) is 11.9. The van der Waals surface area contributed by atoms with Gasteiger partial charge in [0.05, 0.1) is 22.5 Å². The van der Waals surface area contributed by atoms with Crippen molar-refractivity contribution >= 4 is 43.6 Å². The molecule has 0 aliphatic heterocycles. The van der Waals surface area contributed by atoms with Crippen molar-refractivity contribution in [3.63, 3.8) is 0 Å². The van der Waals surface area contributed by atoms with E-state index in [4.69, 9.17) is 9.88 Å². The predicted octanol–water partition coefficient (Wildman–Crippen LogP) is 4.03. The molecule has 8 heteroatoms. The van der Waals surface area contributed by atoms with E-state index in [9.17, 15) is 8.42 Å². The Hall–Kier alpha value is -2.55.